The Bertz CT molecular complexity index is 2070. The highest BCUT2D eigenvalue weighted by atomic mass is 16.5. The second kappa shape index (κ2) is 7.49. The van der Waals surface area contributed by atoms with Crippen LogP contribution in [0.5, 0.6) is 11.5 Å². The number of hydrogen-bond donors (Lipinski definition) is 0. The third-order valence-electron chi connectivity index (χ3n) is 8.56. The third-order valence-corrected chi connectivity index (χ3v) is 8.56. The zero-order valence-corrected chi connectivity index (χ0v) is 21.0. The van der Waals surface area contributed by atoms with Crippen LogP contribution in [-0.4, -0.2) is 0 Å². The molecule has 1 aromatic heterocycles. The number of benzene rings is 6. The Morgan fingerprint density at radius 3 is 1.87 bits per heavy atom. The van der Waals surface area contributed by atoms with Crippen LogP contribution in [0.1, 0.15) is 22.3 Å². The maximum atomic E-state index is 6.70. The first-order valence-corrected chi connectivity index (χ1v) is 13.4. The molecule has 0 bridgehead atoms. The second-order valence-electron chi connectivity index (χ2n) is 10.4. The molecule has 9 rings (SSSR count). The van der Waals surface area contributed by atoms with Crippen molar-refractivity contribution in [2.75, 3.05) is 0 Å². The Labute approximate surface area is 225 Å². The second-order valence-corrected chi connectivity index (χ2v) is 10.4. The SMILES string of the molecule is c1ccc2c(c1)Oc1cc(-c3cccc4c3oc3ccccc34)ccc1C21c2ccccc2-c2ccccc21. The number of furan rings is 1. The van der Waals surface area contributed by atoms with E-state index in [4.69, 9.17) is 9.15 Å². The summed E-state index contributed by atoms with van der Waals surface area (Å²) in [6.07, 6.45) is 0. The monoisotopic (exact) mass is 498 g/mol. The molecule has 182 valence electrons. The molecule has 6 aromatic carbocycles. The number of para-hydroxylation sites is 3. The molecule has 0 amide bonds. The standard InChI is InChI=1S/C37H22O2/c1-4-15-29-25(10-1)26-11-2-5-16-30(26)37(29)31-17-6-8-19-34(31)38-35-22-23(20-21-32(35)37)24-13-9-14-28-27-12-3-7-18-33(27)39-36(24)28/h1-22H. The van der Waals surface area contributed by atoms with Gasteiger partial charge in [-0.1, -0.05) is 115 Å². The zero-order valence-electron chi connectivity index (χ0n) is 21.0. The number of rotatable bonds is 1. The van der Waals surface area contributed by atoms with Crippen LogP contribution < -0.4 is 4.74 Å². The highest BCUT2D eigenvalue weighted by Crippen LogP contribution is 2.62. The third kappa shape index (κ3) is 2.60. The molecule has 0 saturated carbocycles. The highest BCUT2D eigenvalue weighted by molar-refractivity contribution is 6.09. The van der Waals surface area contributed by atoms with Gasteiger partial charge in [0.15, 0.2) is 0 Å². The molecule has 0 radical (unpaired) electrons. The van der Waals surface area contributed by atoms with Crippen molar-refractivity contribution in [1.82, 2.24) is 0 Å². The summed E-state index contributed by atoms with van der Waals surface area (Å²) in [7, 11) is 0. The topological polar surface area (TPSA) is 22.4 Å². The van der Waals surface area contributed by atoms with Gasteiger partial charge in [-0.25, -0.2) is 0 Å². The molecule has 0 saturated heterocycles. The average molecular weight is 499 g/mol. The van der Waals surface area contributed by atoms with Crippen molar-refractivity contribution in [2.45, 2.75) is 5.41 Å². The largest absolute Gasteiger partial charge is 0.457 e. The van der Waals surface area contributed by atoms with Gasteiger partial charge in [0.05, 0.1) is 5.41 Å². The molecule has 0 atom stereocenters. The van der Waals surface area contributed by atoms with Gasteiger partial charge in [0.2, 0.25) is 0 Å². The summed E-state index contributed by atoms with van der Waals surface area (Å²) in [5.74, 6) is 1.78. The van der Waals surface area contributed by atoms with Crippen LogP contribution in [0.15, 0.2) is 138 Å². The zero-order chi connectivity index (χ0) is 25.6. The van der Waals surface area contributed by atoms with E-state index in [0.29, 0.717) is 0 Å². The number of fused-ring (bicyclic) bond motifs is 12. The molecule has 39 heavy (non-hydrogen) atoms. The Morgan fingerprint density at radius 1 is 0.436 bits per heavy atom. The van der Waals surface area contributed by atoms with Gasteiger partial charge in [-0.3, -0.25) is 0 Å². The van der Waals surface area contributed by atoms with Crippen LogP contribution in [0.3, 0.4) is 0 Å². The van der Waals surface area contributed by atoms with E-state index in [9.17, 15) is 0 Å². The van der Waals surface area contributed by atoms with Gasteiger partial charge in [0.1, 0.15) is 22.7 Å². The minimum atomic E-state index is -0.443. The first kappa shape index (κ1) is 20.9. The molecule has 2 heteroatoms. The molecule has 2 nitrogen and oxygen atoms in total. The molecular formula is C37H22O2. The van der Waals surface area contributed by atoms with E-state index in [1.165, 1.54) is 33.4 Å². The van der Waals surface area contributed by atoms with E-state index < -0.39 is 5.41 Å². The molecule has 1 spiro atoms. The smallest absolute Gasteiger partial charge is 0.143 e. The first-order valence-electron chi connectivity index (χ1n) is 13.4. The Hall–Kier alpha value is -5.08. The number of ether oxygens (including phenoxy) is 1. The van der Waals surface area contributed by atoms with E-state index in [-0.39, 0.29) is 0 Å². The van der Waals surface area contributed by atoms with Crippen LogP contribution in [-0.2, 0) is 5.41 Å². The van der Waals surface area contributed by atoms with Gasteiger partial charge in [0, 0.05) is 27.5 Å². The van der Waals surface area contributed by atoms with Gasteiger partial charge >= 0.3 is 0 Å². The summed E-state index contributed by atoms with van der Waals surface area (Å²) in [4.78, 5) is 0. The summed E-state index contributed by atoms with van der Waals surface area (Å²) < 4.78 is 13.1. The van der Waals surface area contributed by atoms with Crippen LogP contribution in [0.4, 0.5) is 0 Å². The molecular weight excluding hydrogens is 476 g/mol. The van der Waals surface area contributed by atoms with Crippen molar-refractivity contribution in [3.63, 3.8) is 0 Å². The quantitative estimate of drug-likeness (QED) is 0.225. The lowest BCUT2D eigenvalue weighted by molar-refractivity contribution is 0.436. The lowest BCUT2D eigenvalue weighted by Crippen LogP contribution is -2.32. The molecule has 0 unspecified atom stereocenters. The van der Waals surface area contributed by atoms with E-state index >= 15 is 0 Å². The van der Waals surface area contributed by atoms with E-state index in [1.54, 1.807) is 0 Å². The van der Waals surface area contributed by atoms with Gasteiger partial charge in [-0.05, 0) is 46.0 Å². The lowest BCUT2D eigenvalue weighted by atomic mass is 9.66. The molecule has 0 fully saturated rings. The Balaban J connectivity index is 1.34. The maximum Gasteiger partial charge on any atom is 0.143 e. The summed E-state index contributed by atoms with van der Waals surface area (Å²) >= 11 is 0. The first-order chi connectivity index (χ1) is 19.3. The Morgan fingerprint density at radius 2 is 1.05 bits per heavy atom. The summed E-state index contributed by atoms with van der Waals surface area (Å²) in [5, 5.41) is 2.26. The molecule has 7 aromatic rings. The fraction of sp³-hybridized carbons (Fsp3) is 0.0270. The van der Waals surface area contributed by atoms with Gasteiger partial charge in [-0.15, -0.1) is 0 Å². The molecule has 0 N–H and O–H groups in total. The summed E-state index contributed by atoms with van der Waals surface area (Å²) in [6.45, 7) is 0. The summed E-state index contributed by atoms with van der Waals surface area (Å²) in [5.41, 5.74) is 11.0. The van der Waals surface area contributed by atoms with E-state index in [2.05, 4.69) is 121 Å². The Kier molecular flexibility index (Phi) is 4.02. The van der Waals surface area contributed by atoms with Gasteiger partial charge in [0.25, 0.3) is 0 Å². The van der Waals surface area contributed by atoms with E-state index in [0.717, 1.165) is 44.6 Å². The predicted molar refractivity (Wildman–Crippen MR) is 157 cm³/mol. The minimum absolute atomic E-state index is 0.443. The van der Waals surface area contributed by atoms with Gasteiger partial charge in [-0.2, -0.15) is 0 Å². The lowest BCUT2D eigenvalue weighted by Gasteiger charge is -2.39. The molecule has 2 aliphatic rings. The molecule has 2 heterocycles. The maximum absolute atomic E-state index is 6.70. The predicted octanol–water partition coefficient (Wildman–Crippen LogP) is 9.72. The fourth-order valence-corrected chi connectivity index (χ4v) is 7.00. The fourth-order valence-electron chi connectivity index (χ4n) is 7.00. The van der Waals surface area contributed by atoms with Crippen LogP contribution in [0.2, 0.25) is 0 Å². The highest BCUT2D eigenvalue weighted by Gasteiger charge is 2.50. The van der Waals surface area contributed by atoms with Gasteiger partial charge < -0.3 is 9.15 Å². The van der Waals surface area contributed by atoms with Crippen LogP contribution in [0.25, 0.3) is 44.2 Å². The van der Waals surface area contributed by atoms with Crippen molar-refractivity contribution in [3.8, 4) is 33.8 Å². The van der Waals surface area contributed by atoms with Crippen molar-refractivity contribution in [1.29, 1.82) is 0 Å². The van der Waals surface area contributed by atoms with Crippen LogP contribution >= 0.6 is 0 Å². The number of hydrogen-bond acceptors (Lipinski definition) is 2. The van der Waals surface area contributed by atoms with Crippen molar-refractivity contribution < 1.29 is 9.15 Å². The summed E-state index contributed by atoms with van der Waals surface area (Å²) in [6, 6.07) is 47.4. The minimum Gasteiger partial charge on any atom is -0.457 e. The average Bonchev–Trinajstić information content (AvgIpc) is 3.52. The normalized spacial score (nSPS) is 14.1. The molecule has 1 aliphatic carbocycles. The van der Waals surface area contributed by atoms with E-state index in [1.807, 2.05) is 12.1 Å². The van der Waals surface area contributed by atoms with Crippen molar-refractivity contribution in [3.05, 3.63) is 156 Å². The van der Waals surface area contributed by atoms with Crippen molar-refractivity contribution >= 4 is 21.9 Å². The molecule has 1 aliphatic heterocycles. The van der Waals surface area contributed by atoms with Crippen molar-refractivity contribution in [2.24, 2.45) is 0 Å². The van der Waals surface area contributed by atoms with Crippen LogP contribution in [0, 0.1) is 0 Å².